The number of anilines is 2. The standard InChI is InChI=1S/C15H15BrN2O2/c1-2-20-12-5-3-4-11(9-12)18-15(19)13-8-10(16)6-7-14(13)17/h3-9H,2,17H2,1H3,(H,18,19). The molecule has 0 aliphatic carbocycles. The van der Waals surface area contributed by atoms with E-state index in [1.54, 1.807) is 30.3 Å². The maximum atomic E-state index is 12.2. The summed E-state index contributed by atoms with van der Waals surface area (Å²) in [6.45, 7) is 2.49. The largest absolute Gasteiger partial charge is 0.494 e. The molecule has 0 bridgehead atoms. The Morgan fingerprint density at radius 1 is 1.30 bits per heavy atom. The van der Waals surface area contributed by atoms with Crippen LogP contribution in [0.3, 0.4) is 0 Å². The number of hydrogen-bond acceptors (Lipinski definition) is 3. The van der Waals surface area contributed by atoms with Gasteiger partial charge in [-0.25, -0.2) is 0 Å². The van der Waals surface area contributed by atoms with Crippen molar-refractivity contribution in [1.82, 2.24) is 0 Å². The average molecular weight is 335 g/mol. The number of halogens is 1. The van der Waals surface area contributed by atoms with Gasteiger partial charge in [-0.05, 0) is 37.3 Å². The molecule has 104 valence electrons. The first-order valence-electron chi connectivity index (χ1n) is 6.19. The molecule has 0 fully saturated rings. The number of rotatable bonds is 4. The fraction of sp³-hybridized carbons (Fsp3) is 0.133. The monoisotopic (exact) mass is 334 g/mol. The third kappa shape index (κ3) is 3.51. The highest BCUT2D eigenvalue weighted by Gasteiger charge is 2.10. The first kappa shape index (κ1) is 14.4. The lowest BCUT2D eigenvalue weighted by molar-refractivity contribution is 0.102. The number of amides is 1. The fourth-order valence-electron chi connectivity index (χ4n) is 1.75. The Bertz CT molecular complexity index is 629. The van der Waals surface area contributed by atoms with Crippen LogP contribution >= 0.6 is 15.9 Å². The second-order valence-electron chi connectivity index (χ2n) is 4.15. The summed E-state index contributed by atoms with van der Waals surface area (Å²) in [4.78, 5) is 12.2. The molecule has 0 spiro atoms. The maximum absolute atomic E-state index is 12.2. The van der Waals surface area contributed by atoms with Crippen LogP contribution in [-0.4, -0.2) is 12.5 Å². The van der Waals surface area contributed by atoms with Crippen molar-refractivity contribution < 1.29 is 9.53 Å². The van der Waals surface area contributed by atoms with Crippen molar-refractivity contribution in [2.24, 2.45) is 0 Å². The summed E-state index contributed by atoms with van der Waals surface area (Å²) in [6.07, 6.45) is 0. The minimum absolute atomic E-state index is 0.252. The molecule has 2 aromatic rings. The van der Waals surface area contributed by atoms with E-state index in [4.69, 9.17) is 10.5 Å². The summed E-state index contributed by atoms with van der Waals surface area (Å²) in [7, 11) is 0. The van der Waals surface area contributed by atoms with E-state index in [-0.39, 0.29) is 5.91 Å². The number of carbonyl (C=O) groups is 1. The molecule has 2 aromatic carbocycles. The van der Waals surface area contributed by atoms with Gasteiger partial charge >= 0.3 is 0 Å². The number of ether oxygens (including phenoxy) is 1. The molecule has 0 radical (unpaired) electrons. The van der Waals surface area contributed by atoms with Crippen LogP contribution in [0.5, 0.6) is 5.75 Å². The zero-order valence-corrected chi connectivity index (χ0v) is 12.6. The van der Waals surface area contributed by atoms with Crippen molar-refractivity contribution in [2.45, 2.75) is 6.92 Å². The number of hydrogen-bond donors (Lipinski definition) is 2. The molecule has 0 aliphatic rings. The second kappa shape index (κ2) is 6.43. The Labute approximate surface area is 126 Å². The van der Waals surface area contributed by atoms with Crippen molar-refractivity contribution in [1.29, 1.82) is 0 Å². The Hall–Kier alpha value is -2.01. The number of nitrogens with two attached hydrogens (primary N) is 1. The van der Waals surface area contributed by atoms with Crippen LogP contribution in [0.1, 0.15) is 17.3 Å². The van der Waals surface area contributed by atoms with Crippen molar-refractivity contribution in [3.05, 3.63) is 52.5 Å². The Morgan fingerprint density at radius 2 is 2.10 bits per heavy atom. The molecule has 0 heterocycles. The van der Waals surface area contributed by atoms with E-state index in [9.17, 15) is 4.79 Å². The van der Waals surface area contributed by atoms with Gasteiger partial charge < -0.3 is 15.8 Å². The third-order valence-electron chi connectivity index (χ3n) is 2.66. The molecule has 5 heteroatoms. The quantitative estimate of drug-likeness (QED) is 0.838. The van der Waals surface area contributed by atoms with Gasteiger partial charge in [0, 0.05) is 21.9 Å². The van der Waals surface area contributed by atoms with Gasteiger partial charge in [-0.15, -0.1) is 0 Å². The van der Waals surface area contributed by atoms with E-state index in [1.165, 1.54) is 0 Å². The Kier molecular flexibility index (Phi) is 4.63. The molecule has 0 atom stereocenters. The summed E-state index contributed by atoms with van der Waals surface area (Å²) in [5.74, 6) is 0.463. The summed E-state index contributed by atoms with van der Waals surface area (Å²) in [5.41, 5.74) is 7.35. The molecule has 2 rings (SSSR count). The molecule has 0 aliphatic heterocycles. The van der Waals surface area contributed by atoms with Crippen LogP contribution in [0, 0.1) is 0 Å². The lowest BCUT2D eigenvalue weighted by Crippen LogP contribution is -2.14. The van der Waals surface area contributed by atoms with E-state index in [2.05, 4.69) is 21.2 Å². The lowest BCUT2D eigenvalue weighted by atomic mass is 10.1. The second-order valence-corrected chi connectivity index (χ2v) is 5.06. The topological polar surface area (TPSA) is 64.3 Å². The van der Waals surface area contributed by atoms with Gasteiger partial charge in [0.1, 0.15) is 5.75 Å². The molecule has 0 unspecified atom stereocenters. The summed E-state index contributed by atoms with van der Waals surface area (Å²) >= 11 is 3.33. The first-order chi connectivity index (χ1) is 9.60. The Balaban J connectivity index is 2.19. The van der Waals surface area contributed by atoms with Gasteiger partial charge in [0.15, 0.2) is 0 Å². The summed E-state index contributed by atoms with van der Waals surface area (Å²) in [5, 5.41) is 2.81. The van der Waals surface area contributed by atoms with Gasteiger partial charge in [0.2, 0.25) is 0 Å². The highest BCUT2D eigenvalue weighted by atomic mass is 79.9. The number of nitrogens with one attached hydrogen (secondary N) is 1. The minimum atomic E-state index is -0.252. The molecular weight excluding hydrogens is 320 g/mol. The van der Waals surface area contributed by atoms with Gasteiger partial charge in [0.05, 0.1) is 12.2 Å². The summed E-state index contributed by atoms with van der Waals surface area (Å²) in [6, 6.07) is 12.4. The van der Waals surface area contributed by atoms with Crippen LogP contribution in [0.25, 0.3) is 0 Å². The van der Waals surface area contributed by atoms with Gasteiger partial charge in [-0.1, -0.05) is 22.0 Å². The van der Waals surface area contributed by atoms with E-state index in [0.717, 1.165) is 4.47 Å². The fourth-order valence-corrected chi connectivity index (χ4v) is 2.11. The molecule has 20 heavy (non-hydrogen) atoms. The zero-order valence-electron chi connectivity index (χ0n) is 11.0. The highest BCUT2D eigenvalue weighted by Crippen LogP contribution is 2.21. The predicted octanol–water partition coefficient (Wildman–Crippen LogP) is 3.68. The smallest absolute Gasteiger partial charge is 0.257 e. The van der Waals surface area contributed by atoms with Crippen molar-refractivity contribution >= 4 is 33.2 Å². The predicted molar refractivity (Wildman–Crippen MR) is 84.1 cm³/mol. The molecule has 4 nitrogen and oxygen atoms in total. The maximum Gasteiger partial charge on any atom is 0.257 e. The number of nitrogen functional groups attached to an aromatic ring is 1. The van der Waals surface area contributed by atoms with Crippen LogP contribution in [0.4, 0.5) is 11.4 Å². The molecule has 0 aromatic heterocycles. The van der Waals surface area contributed by atoms with Crippen LogP contribution in [0.2, 0.25) is 0 Å². The first-order valence-corrected chi connectivity index (χ1v) is 6.98. The SMILES string of the molecule is CCOc1cccc(NC(=O)c2cc(Br)ccc2N)c1. The zero-order chi connectivity index (χ0) is 14.5. The van der Waals surface area contributed by atoms with Gasteiger partial charge in [0.25, 0.3) is 5.91 Å². The van der Waals surface area contributed by atoms with Crippen molar-refractivity contribution in [3.8, 4) is 5.75 Å². The number of carbonyl (C=O) groups excluding carboxylic acids is 1. The van der Waals surface area contributed by atoms with E-state index >= 15 is 0 Å². The molecular formula is C15H15BrN2O2. The van der Waals surface area contributed by atoms with Crippen LogP contribution < -0.4 is 15.8 Å². The highest BCUT2D eigenvalue weighted by molar-refractivity contribution is 9.10. The minimum Gasteiger partial charge on any atom is -0.494 e. The van der Waals surface area contributed by atoms with Gasteiger partial charge in [-0.2, -0.15) is 0 Å². The molecule has 0 saturated carbocycles. The van der Waals surface area contributed by atoms with E-state index in [0.29, 0.717) is 29.3 Å². The molecule has 3 N–H and O–H groups in total. The lowest BCUT2D eigenvalue weighted by Gasteiger charge is -2.09. The molecule has 1 amide bonds. The van der Waals surface area contributed by atoms with Crippen LogP contribution in [-0.2, 0) is 0 Å². The normalized spacial score (nSPS) is 10.1. The number of benzene rings is 2. The van der Waals surface area contributed by atoms with E-state index in [1.807, 2.05) is 19.1 Å². The summed E-state index contributed by atoms with van der Waals surface area (Å²) < 4.78 is 6.20. The van der Waals surface area contributed by atoms with Crippen LogP contribution in [0.15, 0.2) is 46.9 Å². The third-order valence-corrected chi connectivity index (χ3v) is 3.16. The Morgan fingerprint density at radius 3 is 2.85 bits per heavy atom. The molecule has 0 saturated heterocycles. The van der Waals surface area contributed by atoms with Gasteiger partial charge in [-0.3, -0.25) is 4.79 Å². The van der Waals surface area contributed by atoms with Crippen molar-refractivity contribution in [2.75, 3.05) is 17.7 Å². The van der Waals surface area contributed by atoms with Crippen molar-refractivity contribution in [3.63, 3.8) is 0 Å². The van der Waals surface area contributed by atoms with E-state index < -0.39 is 0 Å². The average Bonchev–Trinajstić information content (AvgIpc) is 2.42.